The molecule has 9 nitrogen and oxygen atoms in total. The smallest absolute Gasteiger partial charge is 0.338 e. The number of hydrogen-bond donors (Lipinski definition) is 2. The van der Waals surface area contributed by atoms with Crippen LogP contribution in [0.2, 0.25) is 0 Å². The number of esters is 2. The lowest BCUT2D eigenvalue weighted by molar-refractivity contribution is -0.130. The average Bonchev–Trinajstić information content (AvgIpc) is 3.08. The fraction of sp³-hybridized carbons (Fsp3) is 0.235. The van der Waals surface area contributed by atoms with Crippen molar-refractivity contribution >= 4 is 35.1 Å². The lowest BCUT2D eigenvalue weighted by Gasteiger charge is -2.08. The van der Waals surface area contributed by atoms with Crippen molar-refractivity contribution in [3.63, 3.8) is 0 Å². The van der Waals surface area contributed by atoms with Crippen molar-refractivity contribution in [1.29, 1.82) is 0 Å². The molecule has 2 N–H and O–H groups in total. The number of methoxy groups -OCH3 is 1. The molecule has 10 heteroatoms. The summed E-state index contributed by atoms with van der Waals surface area (Å²) < 4.78 is 9.40. The summed E-state index contributed by atoms with van der Waals surface area (Å²) in [5, 5.41) is 2.44. The highest BCUT2D eigenvalue weighted by Gasteiger charge is 2.13. The van der Waals surface area contributed by atoms with Crippen LogP contribution in [0.4, 0.5) is 0 Å². The van der Waals surface area contributed by atoms with Gasteiger partial charge in [0.05, 0.1) is 24.7 Å². The summed E-state index contributed by atoms with van der Waals surface area (Å²) in [6.45, 7) is 1.24. The first kappa shape index (κ1) is 20.0. The molecule has 142 valence electrons. The molecule has 0 bridgehead atoms. The lowest BCUT2D eigenvalue weighted by Crippen LogP contribution is -2.44. The monoisotopic (exact) mass is 391 g/mol. The second-order valence-corrected chi connectivity index (χ2v) is 6.24. The van der Waals surface area contributed by atoms with E-state index in [1.54, 1.807) is 0 Å². The van der Waals surface area contributed by atoms with Crippen LogP contribution in [0.5, 0.6) is 0 Å². The molecule has 1 aromatic heterocycles. The largest absolute Gasteiger partial charge is 0.465 e. The van der Waals surface area contributed by atoms with E-state index in [2.05, 4.69) is 20.6 Å². The van der Waals surface area contributed by atoms with Crippen LogP contribution in [0.1, 0.15) is 31.4 Å². The number of thiazole rings is 1. The Labute approximate surface area is 158 Å². The molecular weight excluding hydrogens is 374 g/mol. The number of benzene rings is 1. The Hall–Kier alpha value is -3.27. The first-order valence-electron chi connectivity index (χ1n) is 7.73. The number of hydrazine groups is 1. The first-order chi connectivity index (χ1) is 12.9. The molecule has 27 heavy (non-hydrogen) atoms. The third-order valence-electron chi connectivity index (χ3n) is 3.20. The molecule has 0 atom stereocenters. The normalized spacial score (nSPS) is 10.0. The minimum absolute atomic E-state index is 0.0329. The van der Waals surface area contributed by atoms with E-state index in [0.29, 0.717) is 5.01 Å². The zero-order valence-electron chi connectivity index (χ0n) is 14.6. The highest BCUT2D eigenvalue weighted by atomic mass is 32.1. The first-order valence-corrected chi connectivity index (χ1v) is 8.61. The Morgan fingerprint density at radius 2 is 1.59 bits per heavy atom. The van der Waals surface area contributed by atoms with Gasteiger partial charge in [0.2, 0.25) is 5.91 Å². The van der Waals surface area contributed by atoms with Crippen LogP contribution in [-0.4, -0.2) is 42.5 Å². The van der Waals surface area contributed by atoms with Gasteiger partial charge in [-0.05, 0) is 31.2 Å². The maximum atomic E-state index is 11.9. The number of nitrogens with one attached hydrogen (secondary N) is 2. The summed E-state index contributed by atoms with van der Waals surface area (Å²) in [4.78, 5) is 50.7. The number of aromatic nitrogens is 1. The fourth-order valence-electron chi connectivity index (χ4n) is 1.92. The van der Waals surface area contributed by atoms with Crippen LogP contribution < -0.4 is 10.9 Å². The van der Waals surface area contributed by atoms with E-state index in [1.165, 1.54) is 42.7 Å². The topological polar surface area (TPSA) is 124 Å². The highest BCUT2D eigenvalue weighted by Crippen LogP contribution is 2.09. The van der Waals surface area contributed by atoms with Gasteiger partial charge in [-0.25, -0.2) is 14.6 Å². The SMILES string of the molecule is COC(=O)c1ccc(C(=O)OCC(=O)NNC(=O)Cc2nc(C)cs2)cc1. The Balaban J connectivity index is 1.73. The van der Waals surface area contributed by atoms with Gasteiger partial charge in [-0.15, -0.1) is 11.3 Å². The van der Waals surface area contributed by atoms with Gasteiger partial charge in [0.15, 0.2) is 6.61 Å². The maximum absolute atomic E-state index is 11.9. The molecule has 0 aliphatic carbocycles. The lowest BCUT2D eigenvalue weighted by atomic mass is 10.1. The molecule has 1 heterocycles. The number of carbonyl (C=O) groups excluding carboxylic acids is 4. The fourth-order valence-corrected chi connectivity index (χ4v) is 2.69. The molecule has 0 spiro atoms. The van der Waals surface area contributed by atoms with E-state index in [-0.39, 0.29) is 17.5 Å². The van der Waals surface area contributed by atoms with Gasteiger partial charge in [0.25, 0.3) is 5.91 Å². The third kappa shape index (κ3) is 6.19. The Kier molecular flexibility index (Phi) is 7.00. The van der Waals surface area contributed by atoms with Crippen molar-refractivity contribution in [2.24, 2.45) is 0 Å². The molecule has 0 saturated heterocycles. The minimum Gasteiger partial charge on any atom is -0.465 e. The Morgan fingerprint density at radius 3 is 2.15 bits per heavy atom. The van der Waals surface area contributed by atoms with Crippen molar-refractivity contribution in [3.05, 3.63) is 51.5 Å². The molecule has 0 unspecified atom stereocenters. The van der Waals surface area contributed by atoms with Gasteiger partial charge in [0, 0.05) is 11.1 Å². The van der Waals surface area contributed by atoms with Crippen LogP contribution >= 0.6 is 11.3 Å². The van der Waals surface area contributed by atoms with Crippen molar-refractivity contribution in [3.8, 4) is 0 Å². The number of hydrogen-bond acceptors (Lipinski definition) is 8. The van der Waals surface area contributed by atoms with Gasteiger partial charge in [0.1, 0.15) is 5.01 Å². The van der Waals surface area contributed by atoms with E-state index in [9.17, 15) is 19.2 Å². The zero-order chi connectivity index (χ0) is 19.8. The molecule has 0 saturated carbocycles. The van der Waals surface area contributed by atoms with Crippen LogP contribution in [0, 0.1) is 6.92 Å². The van der Waals surface area contributed by atoms with Crippen molar-refractivity contribution in [2.45, 2.75) is 13.3 Å². The van der Waals surface area contributed by atoms with Gasteiger partial charge < -0.3 is 9.47 Å². The number of amides is 2. The van der Waals surface area contributed by atoms with Crippen LogP contribution in [-0.2, 0) is 25.5 Å². The molecular formula is C17H17N3O6S. The summed E-state index contributed by atoms with van der Waals surface area (Å²) in [5.41, 5.74) is 5.63. The number of ether oxygens (including phenoxy) is 2. The highest BCUT2D eigenvalue weighted by molar-refractivity contribution is 7.09. The summed E-state index contributed by atoms with van der Waals surface area (Å²) >= 11 is 1.35. The van der Waals surface area contributed by atoms with Crippen LogP contribution in [0.25, 0.3) is 0 Å². The zero-order valence-corrected chi connectivity index (χ0v) is 15.4. The van der Waals surface area contributed by atoms with Crippen LogP contribution in [0.3, 0.4) is 0 Å². The van der Waals surface area contributed by atoms with Crippen molar-refractivity contribution in [1.82, 2.24) is 15.8 Å². The van der Waals surface area contributed by atoms with E-state index < -0.39 is 30.4 Å². The predicted octanol–water partition coefficient (Wildman–Crippen LogP) is 0.785. The number of nitrogens with zero attached hydrogens (tertiary/aromatic N) is 1. The number of carbonyl (C=O) groups is 4. The van der Waals surface area contributed by atoms with Crippen LogP contribution in [0.15, 0.2) is 29.6 Å². The molecule has 0 fully saturated rings. The standard InChI is InChI=1S/C17H17N3O6S/c1-10-9-27-15(18-10)7-13(21)19-20-14(22)8-26-17(24)12-5-3-11(4-6-12)16(23)25-2/h3-6,9H,7-8H2,1-2H3,(H,19,21)(H,20,22). The second-order valence-electron chi connectivity index (χ2n) is 5.30. The summed E-state index contributed by atoms with van der Waals surface area (Å²) in [7, 11) is 1.25. The van der Waals surface area contributed by atoms with E-state index in [1.807, 2.05) is 12.3 Å². The average molecular weight is 391 g/mol. The van der Waals surface area contributed by atoms with Gasteiger partial charge >= 0.3 is 11.9 Å². The summed E-state index contributed by atoms with van der Waals surface area (Å²) in [5.74, 6) is -2.41. The summed E-state index contributed by atoms with van der Waals surface area (Å²) in [6, 6.07) is 5.57. The van der Waals surface area contributed by atoms with Gasteiger partial charge in [-0.3, -0.25) is 20.4 Å². The molecule has 1 aromatic carbocycles. The Morgan fingerprint density at radius 1 is 1.00 bits per heavy atom. The quantitative estimate of drug-likeness (QED) is 0.551. The minimum atomic E-state index is -0.744. The van der Waals surface area contributed by atoms with Crippen molar-refractivity contribution < 1.29 is 28.7 Å². The molecule has 0 radical (unpaired) electrons. The predicted molar refractivity (Wildman–Crippen MR) is 94.9 cm³/mol. The molecule has 0 aliphatic heterocycles. The number of aryl methyl sites for hydroxylation is 1. The summed E-state index contributed by atoms with van der Waals surface area (Å²) in [6.07, 6.45) is 0.0329. The molecule has 2 amide bonds. The molecule has 0 aliphatic rings. The van der Waals surface area contributed by atoms with E-state index >= 15 is 0 Å². The Bertz CT molecular complexity index is 847. The van der Waals surface area contributed by atoms with E-state index in [4.69, 9.17) is 4.74 Å². The third-order valence-corrected chi connectivity index (χ3v) is 4.16. The second kappa shape index (κ2) is 9.43. The molecule has 2 rings (SSSR count). The van der Waals surface area contributed by atoms with E-state index in [0.717, 1.165) is 5.69 Å². The number of rotatable bonds is 6. The van der Waals surface area contributed by atoms with Gasteiger partial charge in [-0.2, -0.15) is 0 Å². The van der Waals surface area contributed by atoms with Gasteiger partial charge in [-0.1, -0.05) is 0 Å². The maximum Gasteiger partial charge on any atom is 0.338 e. The molecule has 2 aromatic rings. The van der Waals surface area contributed by atoms with Crippen molar-refractivity contribution in [2.75, 3.05) is 13.7 Å².